The summed E-state index contributed by atoms with van der Waals surface area (Å²) in [6.07, 6.45) is 0.756. The lowest BCUT2D eigenvalue weighted by Crippen LogP contribution is -2.50. The van der Waals surface area contributed by atoms with Crippen molar-refractivity contribution in [1.29, 1.82) is 0 Å². The maximum atomic E-state index is 12.2. The fourth-order valence-corrected chi connectivity index (χ4v) is 3.07. The zero-order valence-corrected chi connectivity index (χ0v) is 11.3. The Balaban J connectivity index is 0.00000120. The van der Waals surface area contributed by atoms with Crippen molar-refractivity contribution in [2.45, 2.75) is 12.5 Å². The lowest BCUT2D eigenvalue weighted by atomic mass is 9.88. The predicted molar refractivity (Wildman–Crippen MR) is 68.9 cm³/mol. The van der Waals surface area contributed by atoms with Crippen molar-refractivity contribution < 1.29 is 14.3 Å². The van der Waals surface area contributed by atoms with Crippen LogP contribution in [0.2, 0.25) is 0 Å². The van der Waals surface area contributed by atoms with Crippen LogP contribution in [0.25, 0.3) is 0 Å². The summed E-state index contributed by atoms with van der Waals surface area (Å²) >= 11 is 0. The van der Waals surface area contributed by atoms with E-state index in [1.165, 1.54) is 0 Å². The van der Waals surface area contributed by atoms with Crippen molar-refractivity contribution in [2.24, 2.45) is 11.8 Å². The van der Waals surface area contributed by atoms with Gasteiger partial charge in [-0.05, 0) is 31.3 Å². The van der Waals surface area contributed by atoms with Crippen molar-refractivity contribution in [3.05, 3.63) is 0 Å². The first-order chi connectivity index (χ1) is 8.34. The lowest BCUT2D eigenvalue weighted by Gasteiger charge is -2.36. The second-order valence-electron chi connectivity index (χ2n) is 5.19. The number of hydrogen-bond acceptors (Lipinski definition) is 4. The lowest BCUT2D eigenvalue weighted by molar-refractivity contribution is -0.160. The molecular weight excluding hydrogens is 256 g/mol. The summed E-state index contributed by atoms with van der Waals surface area (Å²) in [5.41, 5.74) is 0. The van der Waals surface area contributed by atoms with Gasteiger partial charge in [0.25, 0.3) is 5.91 Å². The first-order valence-corrected chi connectivity index (χ1v) is 6.53. The van der Waals surface area contributed by atoms with E-state index in [0.29, 0.717) is 25.7 Å². The van der Waals surface area contributed by atoms with Crippen LogP contribution in [-0.4, -0.2) is 62.9 Å². The topological polar surface area (TPSA) is 50.8 Å². The number of rotatable bonds is 1. The fourth-order valence-electron chi connectivity index (χ4n) is 3.07. The summed E-state index contributed by atoms with van der Waals surface area (Å²) in [7, 11) is 0. The van der Waals surface area contributed by atoms with Gasteiger partial charge < -0.3 is 19.7 Å². The Morgan fingerprint density at radius 3 is 2.83 bits per heavy atom. The number of piperidine rings is 1. The molecule has 1 N–H and O–H groups in total. The van der Waals surface area contributed by atoms with Gasteiger partial charge in [-0.1, -0.05) is 0 Å². The van der Waals surface area contributed by atoms with E-state index in [9.17, 15) is 4.79 Å². The van der Waals surface area contributed by atoms with Gasteiger partial charge in [0.15, 0.2) is 6.10 Å². The van der Waals surface area contributed by atoms with Crippen LogP contribution in [0.15, 0.2) is 0 Å². The maximum absolute atomic E-state index is 12.2. The molecule has 104 valence electrons. The van der Waals surface area contributed by atoms with Crippen LogP contribution in [0.3, 0.4) is 0 Å². The molecule has 5 nitrogen and oxygen atoms in total. The van der Waals surface area contributed by atoms with E-state index in [1.54, 1.807) is 0 Å². The van der Waals surface area contributed by atoms with Gasteiger partial charge in [-0.2, -0.15) is 0 Å². The molecule has 3 fully saturated rings. The summed E-state index contributed by atoms with van der Waals surface area (Å²) in [6, 6.07) is 0. The average Bonchev–Trinajstić information content (AvgIpc) is 2.86. The largest absolute Gasteiger partial charge is 0.376 e. The summed E-state index contributed by atoms with van der Waals surface area (Å²) in [6.45, 7) is 5.50. The highest BCUT2D eigenvalue weighted by atomic mass is 35.5. The van der Waals surface area contributed by atoms with E-state index in [4.69, 9.17) is 9.47 Å². The number of carbonyl (C=O) groups is 1. The molecule has 0 aliphatic carbocycles. The number of likely N-dealkylation sites (tertiary alicyclic amines) is 1. The molecule has 3 atom stereocenters. The van der Waals surface area contributed by atoms with E-state index >= 15 is 0 Å². The Bertz CT molecular complexity index is 297. The molecule has 0 aromatic rings. The SMILES string of the molecule is Cl.O=C(C1COCCO1)N1CCC2CNCC2C1. The second-order valence-corrected chi connectivity index (χ2v) is 5.19. The summed E-state index contributed by atoms with van der Waals surface area (Å²) < 4.78 is 10.8. The van der Waals surface area contributed by atoms with Crippen LogP contribution >= 0.6 is 12.4 Å². The number of nitrogens with zero attached hydrogens (tertiary/aromatic N) is 1. The Labute approximate surface area is 114 Å². The molecular formula is C12H21ClN2O3. The molecule has 3 heterocycles. The number of carbonyl (C=O) groups excluding carboxylic acids is 1. The Morgan fingerprint density at radius 2 is 2.06 bits per heavy atom. The summed E-state index contributed by atoms with van der Waals surface area (Å²) in [5, 5.41) is 3.41. The molecule has 6 heteroatoms. The minimum absolute atomic E-state index is 0. The molecule has 0 aromatic carbocycles. The molecule has 3 saturated heterocycles. The third-order valence-electron chi connectivity index (χ3n) is 4.11. The van der Waals surface area contributed by atoms with E-state index in [1.807, 2.05) is 4.90 Å². The van der Waals surface area contributed by atoms with Gasteiger partial charge in [-0.25, -0.2) is 0 Å². The van der Waals surface area contributed by atoms with E-state index < -0.39 is 0 Å². The molecule has 0 radical (unpaired) electrons. The number of amides is 1. The van der Waals surface area contributed by atoms with Gasteiger partial charge in [0.2, 0.25) is 0 Å². The van der Waals surface area contributed by atoms with Gasteiger partial charge in [-0.3, -0.25) is 4.79 Å². The van der Waals surface area contributed by atoms with Crippen LogP contribution in [-0.2, 0) is 14.3 Å². The third-order valence-corrected chi connectivity index (χ3v) is 4.11. The molecule has 18 heavy (non-hydrogen) atoms. The van der Waals surface area contributed by atoms with Crippen LogP contribution < -0.4 is 5.32 Å². The van der Waals surface area contributed by atoms with Crippen molar-refractivity contribution in [3.8, 4) is 0 Å². The first kappa shape index (κ1) is 14.1. The van der Waals surface area contributed by atoms with Gasteiger partial charge in [-0.15, -0.1) is 12.4 Å². The van der Waals surface area contributed by atoms with Crippen LogP contribution in [0.5, 0.6) is 0 Å². The van der Waals surface area contributed by atoms with Crippen LogP contribution in [0.4, 0.5) is 0 Å². The number of fused-ring (bicyclic) bond motifs is 1. The van der Waals surface area contributed by atoms with E-state index in [0.717, 1.165) is 38.5 Å². The molecule has 3 rings (SSSR count). The zero-order valence-electron chi connectivity index (χ0n) is 10.5. The normalized spacial score (nSPS) is 35.8. The van der Waals surface area contributed by atoms with E-state index in [2.05, 4.69) is 5.32 Å². The Morgan fingerprint density at radius 1 is 1.22 bits per heavy atom. The molecule has 3 aliphatic heterocycles. The molecule has 0 aromatic heterocycles. The van der Waals surface area contributed by atoms with Crippen LogP contribution in [0, 0.1) is 11.8 Å². The van der Waals surface area contributed by atoms with Gasteiger partial charge in [0.05, 0.1) is 19.8 Å². The molecule has 0 bridgehead atoms. The van der Waals surface area contributed by atoms with Crippen molar-refractivity contribution in [3.63, 3.8) is 0 Å². The smallest absolute Gasteiger partial charge is 0.254 e. The molecule has 1 amide bonds. The zero-order chi connectivity index (χ0) is 11.7. The number of nitrogens with one attached hydrogen (secondary N) is 1. The molecule has 0 saturated carbocycles. The molecule has 3 aliphatic rings. The van der Waals surface area contributed by atoms with Crippen LogP contribution in [0.1, 0.15) is 6.42 Å². The van der Waals surface area contributed by atoms with Crippen molar-refractivity contribution in [2.75, 3.05) is 46.0 Å². The Kier molecular flexibility index (Phi) is 4.84. The summed E-state index contributed by atoms with van der Waals surface area (Å²) in [4.78, 5) is 14.2. The quantitative estimate of drug-likeness (QED) is 0.726. The minimum atomic E-state index is -0.366. The maximum Gasteiger partial charge on any atom is 0.254 e. The number of ether oxygens (including phenoxy) is 2. The van der Waals surface area contributed by atoms with Gasteiger partial charge in [0, 0.05) is 13.1 Å². The minimum Gasteiger partial charge on any atom is -0.376 e. The number of hydrogen-bond donors (Lipinski definition) is 1. The predicted octanol–water partition coefficient (Wildman–Crippen LogP) is -0.108. The standard InChI is InChI=1S/C12H20N2O3.ClH/c15-12(11-8-16-3-4-17-11)14-2-1-9-5-13-6-10(9)7-14;/h9-11,13H,1-8H2;1H. The highest BCUT2D eigenvalue weighted by Crippen LogP contribution is 2.27. The highest BCUT2D eigenvalue weighted by Gasteiger charge is 2.37. The van der Waals surface area contributed by atoms with Gasteiger partial charge in [0.1, 0.15) is 0 Å². The first-order valence-electron chi connectivity index (χ1n) is 6.53. The Hall–Kier alpha value is -0.360. The molecule has 0 spiro atoms. The third kappa shape index (κ3) is 2.79. The fraction of sp³-hybridized carbons (Fsp3) is 0.917. The van der Waals surface area contributed by atoms with Gasteiger partial charge >= 0.3 is 0 Å². The monoisotopic (exact) mass is 276 g/mol. The van der Waals surface area contributed by atoms with Crippen molar-refractivity contribution >= 4 is 18.3 Å². The van der Waals surface area contributed by atoms with Crippen molar-refractivity contribution in [1.82, 2.24) is 10.2 Å². The second kappa shape index (κ2) is 6.19. The highest BCUT2D eigenvalue weighted by molar-refractivity contribution is 5.85. The van der Waals surface area contributed by atoms with E-state index in [-0.39, 0.29) is 24.4 Å². The summed E-state index contributed by atoms with van der Waals surface area (Å²) in [5.74, 6) is 1.52. The average molecular weight is 277 g/mol. The molecule has 3 unspecified atom stereocenters. The number of halogens is 1.